The second-order valence-corrected chi connectivity index (χ2v) is 6.47. The van der Waals surface area contributed by atoms with Crippen LogP contribution in [0.4, 0.5) is 5.82 Å². The smallest absolute Gasteiger partial charge is 0.129 e. The minimum Gasteiger partial charge on any atom is -0.392 e. The summed E-state index contributed by atoms with van der Waals surface area (Å²) in [6.45, 7) is 7.50. The molecule has 0 radical (unpaired) electrons. The average Bonchev–Trinajstić information content (AvgIpc) is 2.48. The van der Waals surface area contributed by atoms with Gasteiger partial charge >= 0.3 is 0 Å². The van der Waals surface area contributed by atoms with Gasteiger partial charge < -0.3 is 10.0 Å². The molecule has 1 aromatic heterocycles. The van der Waals surface area contributed by atoms with E-state index < -0.39 is 0 Å². The summed E-state index contributed by atoms with van der Waals surface area (Å²) >= 11 is 0. The Hall–Kier alpha value is -1.65. The van der Waals surface area contributed by atoms with Gasteiger partial charge in [-0.15, -0.1) is 0 Å². The molecule has 3 rings (SSSR count). The maximum Gasteiger partial charge on any atom is 0.129 e. The largest absolute Gasteiger partial charge is 0.392 e. The molecule has 0 atom stereocenters. The second-order valence-electron chi connectivity index (χ2n) is 6.47. The fraction of sp³-hybridized carbons (Fsp3) is 0.471. The van der Waals surface area contributed by atoms with Crippen molar-refractivity contribution in [3.05, 3.63) is 35.9 Å². The molecule has 112 valence electrons. The number of hydrogen-bond donors (Lipinski definition) is 1. The molecule has 0 saturated carbocycles. The van der Waals surface area contributed by atoms with Crippen LogP contribution < -0.4 is 4.90 Å². The molecule has 1 N–H and O–H groups in total. The Morgan fingerprint density at radius 3 is 2.71 bits per heavy atom. The third kappa shape index (κ3) is 2.61. The molecule has 1 fully saturated rings. The zero-order valence-corrected chi connectivity index (χ0v) is 13.0. The highest BCUT2D eigenvalue weighted by Gasteiger charge is 2.31. The highest BCUT2D eigenvalue weighted by molar-refractivity contribution is 5.84. The van der Waals surface area contributed by atoms with Crippen molar-refractivity contribution in [2.24, 2.45) is 0 Å². The van der Waals surface area contributed by atoms with E-state index >= 15 is 0 Å². The van der Waals surface area contributed by atoms with Gasteiger partial charge in [0.2, 0.25) is 0 Å². The Labute approximate surface area is 126 Å². The molecule has 0 amide bonds. The standard InChI is InChI=1S/C17H23N3O/c1-17(2)12-20(9-8-19(17)3)16-10-13(11-21)14-6-4-5-7-15(14)18-16/h4-7,10,21H,8-9,11-12H2,1-3H3. The number of likely N-dealkylation sites (N-methyl/N-ethyl adjacent to an activating group) is 1. The molecular formula is C17H23N3O. The van der Waals surface area contributed by atoms with Gasteiger partial charge in [-0.05, 0) is 38.6 Å². The summed E-state index contributed by atoms with van der Waals surface area (Å²) in [5.74, 6) is 0.971. The molecule has 0 bridgehead atoms. The second kappa shape index (κ2) is 5.28. The first kappa shape index (κ1) is 14.3. The lowest BCUT2D eigenvalue weighted by Crippen LogP contribution is -2.57. The van der Waals surface area contributed by atoms with E-state index in [-0.39, 0.29) is 12.1 Å². The van der Waals surface area contributed by atoms with Crippen LogP contribution in [0.2, 0.25) is 0 Å². The zero-order valence-electron chi connectivity index (χ0n) is 13.0. The van der Waals surface area contributed by atoms with Gasteiger partial charge in [0.25, 0.3) is 0 Å². The average molecular weight is 285 g/mol. The maximum absolute atomic E-state index is 9.65. The van der Waals surface area contributed by atoms with E-state index in [0.29, 0.717) is 0 Å². The summed E-state index contributed by atoms with van der Waals surface area (Å²) in [5, 5.41) is 10.7. The van der Waals surface area contributed by atoms with Gasteiger partial charge in [-0.25, -0.2) is 4.98 Å². The van der Waals surface area contributed by atoms with Crippen LogP contribution in [0, 0.1) is 0 Å². The van der Waals surface area contributed by atoms with E-state index in [1.165, 1.54) is 0 Å². The van der Waals surface area contributed by atoms with Gasteiger partial charge in [-0.3, -0.25) is 4.90 Å². The van der Waals surface area contributed by atoms with Crippen molar-refractivity contribution in [3.63, 3.8) is 0 Å². The molecule has 4 heteroatoms. The lowest BCUT2D eigenvalue weighted by atomic mass is 9.99. The first-order valence-electron chi connectivity index (χ1n) is 7.47. The molecule has 4 nitrogen and oxygen atoms in total. The summed E-state index contributed by atoms with van der Waals surface area (Å²) in [4.78, 5) is 9.51. The third-order valence-corrected chi connectivity index (χ3v) is 4.60. The van der Waals surface area contributed by atoms with Crippen molar-refractivity contribution in [3.8, 4) is 0 Å². The van der Waals surface area contributed by atoms with E-state index in [4.69, 9.17) is 4.98 Å². The van der Waals surface area contributed by atoms with Gasteiger partial charge in [0, 0.05) is 30.6 Å². The highest BCUT2D eigenvalue weighted by Crippen LogP contribution is 2.27. The summed E-state index contributed by atoms with van der Waals surface area (Å²) in [5.41, 5.74) is 2.04. The number of aliphatic hydroxyl groups is 1. The quantitative estimate of drug-likeness (QED) is 0.919. The molecule has 0 spiro atoms. The Balaban J connectivity index is 2.01. The van der Waals surface area contributed by atoms with Crippen LogP contribution in [0.3, 0.4) is 0 Å². The monoisotopic (exact) mass is 285 g/mol. The number of fused-ring (bicyclic) bond motifs is 1. The fourth-order valence-electron chi connectivity index (χ4n) is 2.96. The topological polar surface area (TPSA) is 39.6 Å². The first-order valence-corrected chi connectivity index (χ1v) is 7.47. The number of anilines is 1. The van der Waals surface area contributed by atoms with Crippen molar-refractivity contribution in [1.29, 1.82) is 0 Å². The molecule has 0 aliphatic carbocycles. The first-order chi connectivity index (χ1) is 10.0. The predicted molar refractivity (Wildman–Crippen MR) is 86.6 cm³/mol. The lowest BCUT2D eigenvalue weighted by Gasteiger charge is -2.45. The normalized spacial score (nSPS) is 19.1. The van der Waals surface area contributed by atoms with Crippen LogP contribution in [0.5, 0.6) is 0 Å². The molecule has 1 saturated heterocycles. The summed E-state index contributed by atoms with van der Waals surface area (Å²) < 4.78 is 0. The number of piperazine rings is 1. The van der Waals surface area contributed by atoms with Crippen molar-refractivity contribution < 1.29 is 5.11 Å². The number of para-hydroxylation sites is 1. The number of benzene rings is 1. The van der Waals surface area contributed by atoms with Crippen molar-refractivity contribution in [2.45, 2.75) is 26.0 Å². The van der Waals surface area contributed by atoms with Crippen LogP contribution in [0.1, 0.15) is 19.4 Å². The van der Waals surface area contributed by atoms with Gasteiger partial charge in [0.15, 0.2) is 0 Å². The number of aromatic nitrogens is 1. The molecule has 21 heavy (non-hydrogen) atoms. The van der Waals surface area contributed by atoms with Crippen molar-refractivity contribution in [2.75, 3.05) is 31.6 Å². The zero-order chi connectivity index (χ0) is 15.0. The van der Waals surface area contributed by atoms with Crippen LogP contribution in [-0.2, 0) is 6.61 Å². The number of hydrogen-bond acceptors (Lipinski definition) is 4. The Bertz CT molecular complexity index is 654. The minimum absolute atomic E-state index is 0.0488. The van der Waals surface area contributed by atoms with E-state index in [1.54, 1.807) is 0 Å². The third-order valence-electron chi connectivity index (χ3n) is 4.60. The van der Waals surface area contributed by atoms with E-state index in [0.717, 1.165) is 41.9 Å². The number of nitrogens with zero attached hydrogens (tertiary/aromatic N) is 3. The van der Waals surface area contributed by atoms with Gasteiger partial charge in [-0.1, -0.05) is 18.2 Å². The molecule has 2 aromatic rings. The van der Waals surface area contributed by atoms with Crippen LogP contribution in [-0.4, -0.2) is 47.2 Å². The number of aliphatic hydroxyl groups excluding tert-OH is 1. The van der Waals surface area contributed by atoms with Crippen molar-refractivity contribution >= 4 is 16.7 Å². The summed E-state index contributed by atoms with van der Waals surface area (Å²) in [6, 6.07) is 10.0. The summed E-state index contributed by atoms with van der Waals surface area (Å²) in [7, 11) is 2.17. The van der Waals surface area contributed by atoms with Crippen LogP contribution in [0.15, 0.2) is 30.3 Å². The van der Waals surface area contributed by atoms with E-state index in [2.05, 4.69) is 30.7 Å². The molecule has 2 heterocycles. The van der Waals surface area contributed by atoms with E-state index in [1.807, 2.05) is 30.3 Å². The Kier molecular flexibility index (Phi) is 3.59. The predicted octanol–water partition coefficient (Wildman–Crippen LogP) is 2.26. The highest BCUT2D eigenvalue weighted by atomic mass is 16.3. The number of rotatable bonds is 2. The van der Waals surface area contributed by atoms with Crippen molar-refractivity contribution in [1.82, 2.24) is 9.88 Å². The van der Waals surface area contributed by atoms with Gasteiger partial charge in [0.1, 0.15) is 5.82 Å². The molecule has 1 aliphatic rings. The minimum atomic E-state index is 0.0488. The molecule has 1 aliphatic heterocycles. The maximum atomic E-state index is 9.65. The van der Waals surface area contributed by atoms with Crippen LogP contribution in [0.25, 0.3) is 10.9 Å². The molecule has 1 aromatic carbocycles. The van der Waals surface area contributed by atoms with E-state index in [9.17, 15) is 5.11 Å². The van der Waals surface area contributed by atoms with Crippen LogP contribution >= 0.6 is 0 Å². The Morgan fingerprint density at radius 2 is 2.00 bits per heavy atom. The lowest BCUT2D eigenvalue weighted by molar-refractivity contribution is 0.138. The number of pyridine rings is 1. The van der Waals surface area contributed by atoms with Gasteiger partial charge in [-0.2, -0.15) is 0 Å². The molecular weight excluding hydrogens is 262 g/mol. The Morgan fingerprint density at radius 1 is 1.24 bits per heavy atom. The SMILES string of the molecule is CN1CCN(c2cc(CO)c3ccccc3n2)CC1(C)C. The summed E-state index contributed by atoms with van der Waals surface area (Å²) in [6.07, 6.45) is 0. The van der Waals surface area contributed by atoms with Gasteiger partial charge in [0.05, 0.1) is 12.1 Å². The molecule has 0 unspecified atom stereocenters. The fourth-order valence-corrected chi connectivity index (χ4v) is 2.96.